The van der Waals surface area contributed by atoms with Crippen LogP contribution in [0.1, 0.15) is 55.1 Å². The third-order valence-electron chi connectivity index (χ3n) is 7.81. The van der Waals surface area contributed by atoms with Crippen LogP contribution >= 0.6 is 38.7 Å². The van der Waals surface area contributed by atoms with Gasteiger partial charge in [0, 0.05) is 27.2 Å². The highest BCUT2D eigenvalue weighted by molar-refractivity contribution is 7.87. The lowest BCUT2D eigenvalue weighted by Gasteiger charge is -2.49. The first-order valence-electron chi connectivity index (χ1n) is 13.7. The fourth-order valence-corrected chi connectivity index (χ4v) is 15.1. The number of unbranched alkanes of at least 4 members (excludes halogenated alkanes) is 1. The largest absolute Gasteiger partial charge is 0.206 e. The van der Waals surface area contributed by atoms with Crippen molar-refractivity contribution in [1.82, 2.24) is 4.44 Å². The molecule has 0 aliphatic carbocycles. The summed E-state index contributed by atoms with van der Waals surface area (Å²) in [7, 11) is -3.99. The smallest absolute Gasteiger partial charge is 0.134 e. The summed E-state index contributed by atoms with van der Waals surface area (Å²) in [6.07, 6.45) is 3.79. The summed E-state index contributed by atoms with van der Waals surface area (Å²) in [5.41, 5.74) is 2.83. The molecule has 0 unspecified atom stereocenters. The van der Waals surface area contributed by atoms with Crippen LogP contribution in [0, 0.1) is 18.3 Å². The molecule has 0 aromatic heterocycles. The summed E-state index contributed by atoms with van der Waals surface area (Å²) in [4.78, 5) is 0. The molecule has 4 aromatic rings. The van der Waals surface area contributed by atoms with Gasteiger partial charge in [-0.3, -0.25) is 0 Å². The maximum Gasteiger partial charge on any atom is 0.134 e. The molecule has 208 valence electrons. The second kappa shape index (κ2) is 13.0. The highest BCUT2D eigenvalue weighted by Gasteiger charge is 2.56. The van der Waals surface area contributed by atoms with Gasteiger partial charge in [-0.25, -0.2) is 8.78 Å². The minimum atomic E-state index is -2.36. The molecule has 0 spiro atoms. The molecule has 0 N–H and O–H groups in total. The van der Waals surface area contributed by atoms with E-state index in [0.717, 1.165) is 25.7 Å². The van der Waals surface area contributed by atoms with E-state index in [0.29, 0.717) is 27.2 Å². The molecule has 1 heterocycles. The van der Waals surface area contributed by atoms with Crippen LogP contribution in [0.4, 0.5) is 8.78 Å². The van der Waals surface area contributed by atoms with Crippen molar-refractivity contribution < 1.29 is 8.78 Å². The van der Waals surface area contributed by atoms with Crippen molar-refractivity contribution in [2.24, 2.45) is 0 Å². The first-order valence-corrected chi connectivity index (χ1v) is 17.8. The minimum Gasteiger partial charge on any atom is -0.206 e. The molecule has 7 heteroatoms. The van der Waals surface area contributed by atoms with Crippen LogP contribution in [-0.2, 0) is 0 Å². The van der Waals surface area contributed by atoms with E-state index in [-0.39, 0.29) is 11.3 Å². The monoisotopic (exact) mass is 613 g/mol. The zero-order chi connectivity index (χ0) is 28.3. The molecule has 40 heavy (non-hydrogen) atoms. The van der Waals surface area contributed by atoms with Crippen LogP contribution in [0.2, 0.25) is 10.0 Å². The van der Waals surface area contributed by atoms with E-state index in [1.807, 2.05) is 12.1 Å². The molecular weight excluding hydrogens is 581 g/mol. The average molecular weight is 614 g/mol. The lowest BCUT2D eigenvalue weighted by atomic mass is 10.0. The summed E-state index contributed by atoms with van der Waals surface area (Å²) >= 11 is 12.4. The molecule has 5 rings (SSSR count). The van der Waals surface area contributed by atoms with Gasteiger partial charge in [-0.1, -0.05) is 97.2 Å². The first-order chi connectivity index (χ1) is 19.3. The Labute approximate surface area is 248 Å². The molecule has 1 fully saturated rings. The van der Waals surface area contributed by atoms with Crippen molar-refractivity contribution in [3.8, 4) is 0 Å². The van der Waals surface area contributed by atoms with Crippen LogP contribution < -0.4 is 10.6 Å². The van der Waals surface area contributed by atoms with E-state index in [9.17, 15) is 0 Å². The van der Waals surface area contributed by atoms with E-state index in [1.165, 1.54) is 23.3 Å². The van der Waals surface area contributed by atoms with Crippen LogP contribution in [-0.4, -0.2) is 11.0 Å². The van der Waals surface area contributed by atoms with Gasteiger partial charge in [-0.05, 0) is 74.2 Å². The average Bonchev–Trinajstić information content (AvgIpc) is 3.30. The Morgan fingerprint density at radius 2 is 1.23 bits per heavy atom. The van der Waals surface area contributed by atoms with Gasteiger partial charge in [0.15, 0.2) is 0 Å². The van der Waals surface area contributed by atoms with Crippen LogP contribution in [0.25, 0.3) is 0 Å². The second-order valence-electron chi connectivity index (χ2n) is 10.3. The second-order valence-corrected chi connectivity index (χ2v) is 17.0. The minimum absolute atomic E-state index is 0.173. The maximum absolute atomic E-state index is 15.9. The summed E-state index contributed by atoms with van der Waals surface area (Å²) in [5.74, 6) is -0.847. The number of hydrogen-bond donors (Lipinski definition) is 0. The van der Waals surface area contributed by atoms with Gasteiger partial charge >= 0.3 is 0 Å². The van der Waals surface area contributed by atoms with Gasteiger partial charge in [0.2, 0.25) is 0 Å². The topological polar surface area (TPSA) is 3.24 Å². The Hall–Kier alpha value is -1.86. The zero-order valence-electron chi connectivity index (χ0n) is 22.5. The molecular formula is C33H33Cl2F2NP2. The Kier molecular flexibility index (Phi) is 9.61. The molecule has 1 saturated heterocycles. The molecule has 1 nitrogen and oxygen atoms in total. The van der Waals surface area contributed by atoms with Crippen molar-refractivity contribution >= 4 is 49.3 Å². The molecule has 2 atom stereocenters. The predicted molar refractivity (Wildman–Crippen MR) is 170 cm³/mol. The number of hydrogen-bond acceptors (Lipinski definition) is 1. The molecule has 0 radical (unpaired) electrons. The zero-order valence-corrected chi connectivity index (χ0v) is 25.8. The third-order valence-corrected chi connectivity index (χ3v) is 16.4. The first kappa shape index (κ1) is 29.6. The molecule has 1 aliphatic heterocycles. The van der Waals surface area contributed by atoms with E-state index in [2.05, 4.69) is 59.9 Å². The van der Waals surface area contributed by atoms with Crippen molar-refractivity contribution in [1.29, 1.82) is 0 Å². The third kappa shape index (κ3) is 5.88. The van der Waals surface area contributed by atoms with Gasteiger partial charge < -0.3 is 0 Å². The summed E-state index contributed by atoms with van der Waals surface area (Å²) < 4.78 is 34.2. The van der Waals surface area contributed by atoms with Crippen molar-refractivity contribution in [3.05, 3.63) is 137 Å². The summed E-state index contributed by atoms with van der Waals surface area (Å²) in [5, 5.41) is 1.56. The Morgan fingerprint density at radius 3 is 1.62 bits per heavy atom. The van der Waals surface area contributed by atoms with E-state index in [1.54, 1.807) is 24.3 Å². The Balaban J connectivity index is 1.78. The molecule has 1 aliphatic rings. The quantitative estimate of drug-likeness (QED) is 0.134. The van der Waals surface area contributed by atoms with E-state index < -0.39 is 27.1 Å². The fraction of sp³-hybridized carbons (Fsp3) is 0.242. The maximum atomic E-state index is 15.9. The molecule has 0 amide bonds. The lowest BCUT2D eigenvalue weighted by Crippen LogP contribution is -2.33. The van der Waals surface area contributed by atoms with Gasteiger partial charge in [-0.15, -0.1) is 0 Å². The normalized spacial score (nSPS) is 18.5. The van der Waals surface area contributed by atoms with Gasteiger partial charge in [0.1, 0.15) is 11.6 Å². The standard InChI is InChI=1S/C33H33Cl2F2NP2/c1-3-4-21-38(39(30-17-15-26(34)22-28(30)36)31-18-16-27(35)23-29(31)37)40(2)32(24-11-7-5-8-12-24)19-20-33(40)25-13-9-6-10-14-25/h5-18,22-23,32-33H,2-4,19-21H2,1H3/t32-,33-/m1/s1. The van der Waals surface area contributed by atoms with Crippen molar-refractivity contribution in [2.45, 2.75) is 43.9 Å². The summed E-state index contributed by atoms with van der Waals surface area (Å²) in [6, 6.07) is 30.6. The van der Waals surface area contributed by atoms with Crippen LogP contribution in [0.15, 0.2) is 97.1 Å². The van der Waals surface area contributed by atoms with Crippen molar-refractivity contribution in [2.75, 3.05) is 6.54 Å². The van der Waals surface area contributed by atoms with Gasteiger partial charge in [-0.2, -0.15) is 11.1 Å². The highest BCUT2D eigenvalue weighted by Crippen LogP contribution is 2.88. The fourth-order valence-electron chi connectivity index (χ4n) is 5.94. The van der Waals surface area contributed by atoms with Crippen molar-refractivity contribution in [3.63, 3.8) is 0 Å². The predicted octanol–water partition coefficient (Wildman–Crippen LogP) is 10.7. The summed E-state index contributed by atoms with van der Waals surface area (Å²) in [6.45, 7) is 8.00. The van der Waals surface area contributed by atoms with Crippen LogP contribution in [0.5, 0.6) is 0 Å². The van der Waals surface area contributed by atoms with Crippen LogP contribution in [0.3, 0.4) is 0 Å². The molecule has 0 saturated carbocycles. The van der Waals surface area contributed by atoms with E-state index >= 15 is 8.78 Å². The highest BCUT2D eigenvalue weighted by atomic mass is 35.5. The number of benzene rings is 4. The van der Waals surface area contributed by atoms with E-state index in [4.69, 9.17) is 29.9 Å². The molecule has 0 bridgehead atoms. The molecule has 4 aromatic carbocycles. The van der Waals surface area contributed by atoms with Gasteiger partial charge in [0.25, 0.3) is 0 Å². The number of rotatable bonds is 9. The Bertz CT molecular complexity index is 1340. The SMILES string of the molecule is [CH2-][P+]1(N(CCCC)P(c2ccc(Cl)cc2F)c2ccc(Cl)cc2F)[C@@H](c2ccccc2)CC[C@@H]1c1ccccc1. The number of halogens is 4. The lowest BCUT2D eigenvalue weighted by molar-refractivity contribution is 0.613. The Morgan fingerprint density at radius 1 is 0.775 bits per heavy atom. The number of nitrogens with zero attached hydrogens (tertiary/aromatic N) is 1. The van der Waals surface area contributed by atoms with Gasteiger partial charge in [0.05, 0.1) is 19.4 Å².